The second kappa shape index (κ2) is 21.5. The van der Waals surface area contributed by atoms with E-state index in [0.717, 1.165) is 8.85 Å². The molecule has 0 aromatic heterocycles. The Balaban J connectivity index is -0.00000000500. The van der Waals surface area contributed by atoms with Crippen molar-refractivity contribution in [3.8, 4) is 0 Å². The van der Waals surface area contributed by atoms with E-state index in [9.17, 15) is 0 Å². The summed E-state index contributed by atoms with van der Waals surface area (Å²) < 4.78 is 0. The van der Waals surface area contributed by atoms with Gasteiger partial charge in [0.2, 0.25) is 0 Å². The van der Waals surface area contributed by atoms with Gasteiger partial charge in [0, 0.05) is 17.1 Å². The van der Waals surface area contributed by atoms with Gasteiger partial charge in [-0.15, -0.1) is 0 Å². The Bertz CT molecular complexity index is 6.00. The van der Waals surface area contributed by atoms with Gasteiger partial charge in [0.15, 0.2) is 17.4 Å². The van der Waals surface area contributed by atoms with E-state index >= 15 is 0 Å². The molecule has 0 unspecified atom stereocenters. The molecule has 0 saturated heterocycles. The molecule has 0 N–H and O–H groups in total. The summed E-state index contributed by atoms with van der Waals surface area (Å²) in [7, 11) is 1.06. The van der Waals surface area contributed by atoms with Crippen LogP contribution in [-0.4, -0.2) is 26.2 Å². The molecule has 0 spiro atoms. The molecule has 0 heterocycles. The van der Waals surface area contributed by atoms with E-state index in [2.05, 4.69) is 15.4 Å². The molecule has 0 aromatic carbocycles. The Kier molecular flexibility index (Phi) is 91.7. The fourth-order valence-corrected chi connectivity index (χ4v) is 0. The third-order valence-electron chi connectivity index (χ3n) is 0. The molecule has 0 radical (unpaired) electrons. The van der Waals surface area contributed by atoms with Crippen molar-refractivity contribution >= 4 is 26.2 Å². The zero-order valence-corrected chi connectivity index (χ0v) is 5.92. The predicted octanol–water partition coefficient (Wildman–Crippen LogP) is -2.37. The molecule has 0 saturated carbocycles. The molecular weight excluding hydrogens is 167 g/mol. The van der Waals surface area contributed by atoms with Crippen molar-refractivity contribution < 1.29 is 32.4 Å². The summed E-state index contributed by atoms with van der Waals surface area (Å²) in [6, 6.07) is 0. The van der Waals surface area contributed by atoms with Gasteiger partial charge in [-0.1, -0.05) is 0 Å². The van der Waals surface area contributed by atoms with Crippen LogP contribution < -0.4 is 0 Å². The van der Waals surface area contributed by atoms with E-state index in [1.807, 2.05) is 0 Å². The maximum atomic E-state index is 3.39. The van der Waals surface area contributed by atoms with E-state index in [1.54, 1.807) is 0 Å². The van der Waals surface area contributed by atoms with E-state index in [-0.39, 0.29) is 34.4 Å². The van der Waals surface area contributed by atoms with Crippen LogP contribution >= 0.6 is 0 Å². The zero-order valence-electron chi connectivity index (χ0n) is 1.71. The van der Waals surface area contributed by atoms with Gasteiger partial charge in [0.05, 0.1) is 0 Å². The van der Waals surface area contributed by atoms with Crippen molar-refractivity contribution in [3.05, 3.63) is 0 Å². The molecule has 0 aromatic rings. The van der Waals surface area contributed by atoms with Crippen LogP contribution in [0.4, 0.5) is 0 Å². The summed E-state index contributed by atoms with van der Waals surface area (Å²) in [5.41, 5.74) is 0. The molecule has 0 amide bonds. The van der Waals surface area contributed by atoms with Crippen LogP contribution in [0.2, 0.25) is 0 Å². The second-order valence-electron chi connectivity index (χ2n) is 0. The first-order valence-corrected chi connectivity index (χ1v) is 4.37. The van der Waals surface area contributed by atoms with E-state index < -0.39 is 0 Å². The molecule has 0 aliphatic heterocycles. The van der Waals surface area contributed by atoms with E-state index in [4.69, 9.17) is 0 Å². The Morgan fingerprint density at radius 1 is 1.25 bits per heavy atom. The molecule has 4 heavy (non-hydrogen) atoms. The van der Waals surface area contributed by atoms with Crippen LogP contribution in [0.25, 0.3) is 0 Å². The molecule has 4 heteroatoms. The first kappa shape index (κ1) is 17.1. The molecule has 0 bridgehead atoms. The number of rotatable bonds is 0. The maximum absolute atomic E-state index is 3.39. The summed E-state index contributed by atoms with van der Waals surface area (Å²) in [5, 5.41) is 0. The van der Waals surface area contributed by atoms with Crippen LogP contribution in [-0.2, 0) is 32.4 Å². The van der Waals surface area contributed by atoms with Gasteiger partial charge in [-0.25, -0.2) is 0 Å². The third kappa shape index (κ3) is 9.21. The Hall–Kier alpha value is 1.79. The van der Waals surface area contributed by atoms with Crippen molar-refractivity contribution in [3.63, 3.8) is 0 Å². The zero-order chi connectivity index (χ0) is 2.00. The van der Waals surface area contributed by atoms with Crippen LogP contribution in [0.3, 0.4) is 0 Å². The first-order valence-electron chi connectivity index (χ1n) is 0.354. The van der Waals surface area contributed by atoms with Crippen molar-refractivity contribution in [2.24, 2.45) is 0 Å². The van der Waals surface area contributed by atoms with Gasteiger partial charge in [0.1, 0.15) is 0 Å². The molecule has 0 atom stereocenters. The monoisotopic (exact) mass is 173 g/mol. The predicted molar refractivity (Wildman–Crippen MR) is 19.9 cm³/mol. The Morgan fingerprint density at radius 3 is 1.25 bits per heavy atom. The van der Waals surface area contributed by atoms with Gasteiger partial charge in [-0.2, -0.15) is 0 Å². The fourth-order valence-electron chi connectivity index (χ4n) is 0. The van der Waals surface area contributed by atoms with Gasteiger partial charge < -0.3 is 0 Å². The van der Waals surface area contributed by atoms with Crippen molar-refractivity contribution in [2.45, 2.75) is 0 Å². The van der Waals surface area contributed by atoms with Gasteiger partial charge >= 0.3 is 24.2 Å². The summed E-state index contributed by atoms with van der Waals surface area (Å²) in [6.45, 7) is 0. The molecule has 0 nitrogen and oxygen atoms in total. The van der Waals surface area contributed by atoms with Crippen LogP contribution in [0.1, 0.15) is 0 Å². The SMILES string of the molecule is [AlH3].[Fe].[SiH3][Fe]. The summed E-state index contributed by atoms with van der Waals surface area (Å²) >= 11 is 3.39. The summed E-state index contributed by atoms with van der Waals surface area (Å²) in [4.78, 5) is 0. The first-order chi connectivity index (χ1) is 1.00. The van der Waals surface area contributed by atoms with Gasteiger partial charge in [0.25, 0.3) is 0 Å². The molecular formula is H6AlFe2Si. The number of hydrogen-bond donors (Lipinski definition) is 0. The fraction of sp³-hybridized carbons (Fsp3) is 0. The Labute approximate surface area is 58.4 Å². The second-order valence-corrected chi connectivity index (χ2v) is 0. The minimum atomic E-state index is 0. The van der Waals surface area contributed by atoms with Crippen molar-refractivity contribution in [2.75, 3.05) is 0 Å². The molecule has 0 aliphatic carbocycles. The van der Waals surface area contributed by atoms with E-state index in [1.165, 1.54) is 0 Å². The van der Waals surface area contributed by atoms with Crippen molar-refractivity contribution in [1.82, 2.24) is 0 Å². The average Bonchev–Trinajstić information content (AvgIpc) is 1.00. The summed E-state index contributed by atoms with van der Waals surface area (Å²) in [5.74, 6) is 0. The van der Waals surface area contributed by atoms with Crippen LogP contribution in [0.15, 0.2) is 0 Å². The van der Waals surface area contributed by atoms with E-state index in [0.29, 0.717) is 0 Å². The minimum absolute atomic E-state index is 0. The van der Waals surface area contributed by atoms with Gasteiger partial charge in [-0.05, 0) is 0 Å². The Morgan fingerprint density at radius 2 is 1.25 bits per heavy atom. The molecule has 0 fully saturated rings. The quantitative estimate of drug-likeness (QED) is 0.359. The van der Waals surface area contributed by atoms with Crippen molar-refractivity contribution in [1.29, 1.82) is 0 Å². The summed E-state index contributed by atoms with van der Waals surface area (Å²) in [6.07, 6.45) is 0. The number of hydrogen-bond acceptors (Lipinski definition) is 0. The average molecular weight is 173 g/mol. The van der Waals surface area contributed by atoms with Crippen LogP contribution in [0.5, 0.6) is 0 Å². The van der Waals surface area contributed by atoms with Gasteiger partial charge in [-0.3, -0.25) is 0 Å². The molecule has 0 aliphatic rings. The third-order valence-corrected chi connectivity index (χ3v) is 0. The normalized spacial score (nSPS) is 2.25. The topological polar surface area (TPSA) is 0 Å². The van der Waals surface area contributed by atoms with Crippen LogP contribution in [0, 0.1) is 0 Å². The molecule has 0 rings (SSSR count). The molecule has 29 valence electrons. The standard InChI is InChI=1S/Al.2Fe.H3Si.3H/h;;;1H3;;;.